The quantitative estimate of drug-likeness (QED) is 0.742. The van der Waals surface area contributed by atoms with Crippen LogP contribution in [0, 0.1) is 11.3 Å². The molecule has 0 aliphatic rings. The molecule has 0 bridgehead atoms. The van der Waals surface area contributed by atoms with Gasteiger partial charge in [-0.25, -0.2) is 17.9 Å². The number of hydrogen-bond acceptors (Lipinski definition) is 6. The van der Waals surface area contributed by atoms with Crippen molar-refractivity contribution in [2.45, 2.75) is 17.9 Å². The van der Waals surface area contributed by atoms with Gasteiger partial charge in [-0.15, -0.1) is 0 Å². The Morgan fingerprint density at radius 1 is 1.38 bits per heavy atom. The number of sulfonamides is 1. The van der Waals surface area contributed by atoms with Gasteiger partial charge in [-0.2, -0.15) is 5.26 Å². The lowest BCUT2D eigenvalue weighted by molar-refractivity contribution is 0.0555. The molecular weight excluding hydrogens is 296 g/mol. The summed E-state index contributed by atoms with van der Waals surface area (Å²) in [6.45, 7) is 1.57. The Morgan fingerprint density at radius 2 is 2.00 bits per heavy atom. The van der Waals surface area contributed by atoms with E-state index in [9.17, 15) is 13.2 Å². The second kappa shape index (κ2) is 7.73. The molecule has 0 amide bonds. The van der Waals surface area contributed by atoms with E-state index in [1.165, 1.54) is 31.4 Å². The van der Waals surface area contributed by atoms with Gasteiger partial charge < -0.3 is 9.47 Å². The van der Waals surface area contributed by atoms with Crippen LogP contribution in [0.4, 0.5) is 0 Å². The van der Waals surface area contributed by atoms with Crippen molar-refractivity contribution >= 4 is 16.0 Å². The van der Waals surface area contributed by atoms with E-state index >= 15 is 0 Å². The van der Waals surface area contributed by atoms with E-state index in [-0.39, 0.29) is 29.7 Å². The number of esters is 1. The van der Waals surface area contributed by atoms with Crippen LogP contribution in [0.25, 0.3) is 0 Å². The van der Waals surface area contributed by atoms with Gasteiger partial charge in [0.25, 0.3) is 0 Å². The van der Waals surface area contributed by atoms with Crippen molar-refractivity contribution in [1.29, 1.82) is 5.26 Å². The van der Waals surface area contributed by atoms with Crippen LogP contribution in [0.5, 0.6) is 0 Å². The molecule has 114 valence electrons. The molecule has 21 heavy (non-hydrogen) atoms. The summed E-state index contributed by atoms with van der Waals surface area (Å²) >= 11 is 0. The summed E-state index contributed by atoms with van der Waals surface area (Å²) in [5.74, 6) is -0.679. The first-order valence-corrected chi connectivity index (χ1v) is 7.54. The molecular formula is C13H16N2O5S. The zero-order valence-electron chi connectivity index (χ0n) is 11.7. The Balaban J connectivity index is 2.82. The van der Waals surface area contributed by atoms with Crippen LogP contribution in [0.15, 0.2) is 29.2 Å². The molecule has 0 heterocycles. The van der Waals surface area contributed by atoms with Gasteiger partial charge in [-0.1, -0.05) is 0 Å². The van der Waals surface area contributed by atoms with E-state index < -0.39 is 16.0 Å². The molecule has 8 heteroatoms. The standard InChI is InChI=1S/C13H16N2O5S/c1-10(9-19-2)15-21(17,18)12-5-3-11(4-6-12)13(16)20-8-7-14/h3-6,10,15H,8-9H2,1-2H3/t10-/m1/s1. The van der Waals surface area contributed by atoms with Gasteiger partial charge in [-0.3, -0.25) is 0 Å². The zero-order valence-corrected chi connectivity index (χ0v) is 12.5. The number of hydrogen-bond donors (Lipinski definition) is 1. The first-order chi connectivity index (χ1) is 9.90. The third kappa shape index (κ3) is 5.15. The maximum atomic E-state index is 12.0. The molecule has 0 aromatic heterocycles. The summed E-state index contributed by atoms with van der Waals surface area (Å²) in [7, 11) is -2.20. The van der Waals surface area contributed by atoms with Gasteiger partial charge >= 0.3 is 5.97 Å². The van der Waals surface area contributed by atoms with E-state index in [0.29, 0.717) is 0 Å². The minimum Gasteiger partial charge on any atom is -0.447 e. The van der Waals surface area contributed by atoms with E-state index in [0.717, 1.165) is 0 Å². The molecule has 0 saturated heterocycles. The first kappa shape index (κ1) is 17.1. The van der Waals surface area contributed by atoms with Crippen LogP contribution in [-0.4, -0.2) is 40.8 Å². The number of rotatable bonds is 7. The molecule has 1 N–H and O–H groups in total. The van der Waals surface area contributed by atoms with E-state index in [2.05, 4.69) is 9.46 Å². The molecule has 0 radical (unpaired) electrons. The predicted octanol–water partition coefficient (Wildman–Crippen LogP) is 0.680. The largest absolute Gasteiger partial charge is 0.447 e. The second-order valence-electron chi connectivity index (χ2n) is 4.24. The monoisotopic (exact) mass is 312 g/mol. The van der Waals surface area contributed by atoms with Crippen molar-refractivity contribution in [1.82, 2.24) is 4.72 Å². The van der Waals surface area contributed by atoms with E-state index in [1.54, 1.807) is 13.0 Å². The Bertz CT molecular complexity index is 619. The predicted molar refractivity (Wildman–Crippen MR) is 74.0 cm³/mol. The van der Waals surface area contributed by atoms with Crippen LogP contribution in [0.1, 0.15) is 17.3 Å². The average Bonchev–Trinajstić information content (AvgIpc) is 2.44. The summed E-state index contributed by atoms with van der Waals surface area (Å²) in [4.78, 5) is 11.5. The Labute approximate surface area is 123 Å². The highest BCUT2D eigenvalue weighted by Gasteiger charge is 2.18. The number of nitrogens with one attached hydrogen (secondary N) is 1. The zero-order chi connectivity index (χ0) is 15.9. The number of benzene rings is 1. The highest BCUT2D eigenvalue weighted by molar-refractivity contribution is 7.89. The van der Waals surface area contributed by atoms with Crippen LogP contribution < -0.4 is 4.72 Å². The molecule has 0 aliphatic carbocycles. The fourth-order valence-corrected chi connectivity index (χ4v) is 2.80. The number of nitrogens with zero attached hydrogens (tertiary/aromatic N) is 1. The number of carbonyl (C=O) groups is 1. The van der Waals surface area contributed by atoms with Crippen molar-refractivity contribution in [3.05, 3.63) is 29.8 Å². The highest BCUT2D eigenvalue weighted by Crippen LogP contribution is 2.12. The number of methoxy groups -OCH3 is 1. The maximum Gasteiger partial charge on any atom is 0.339 e. The van der Waals surface area contributed by atoms with Crippen LogP contribution in [0.3, 0.4) is 0 Å². The summed E-state index contributed by atoms with van der Waals surface area (Å²) in [5, 5.41) is 8.32. The second-order valence-corrected chi connectivity index (χ2v) is 5.95. The molecule has 0 unspecified atom stereocenters. The summed E-state index contributed by atoms with van der Waals surface area (Å²) in [6.07, 6.45) is 0. The minimum atomic E-state index is -3.68. The van der Waals surface area contributed by atoms with Crippen molar-refractivity contribution in [3.63, 3.8) is 0 Å². The third-order valence-electron chi connectivity index (χ3n) is 2.44. The van der Waals surface area contributed by atoms with Crippen molar-refractivity contribution < 1.29 is 22.7 Å². The highest BCUT2D eigenvalue weighted by atomic mass is 32.2. The van der Waals surface area contributed by atoms with Crippen molar-refractivity contribution in [3.8, 4) is 6.07 Å². The minimum absolute atomic E-state index is 0.0299. The first-order valence-electron chi connectivity index (χ1n) is 6.06. The summed E-state index contributed by atoms with van der Waals surface area (Å²) < 4.78 is 36.0. The third-order valence-corrected chi connectivity index (χ3v) is 4.05. The molecule has 1 atom stereocenters. The molecule has 1 aromatic carbocycles. The normalized spacial score (nSPS) is 12.4. The smallest absolute Gasteiger partial charge is 0.339 e. The molecule has 7 nitrogen and oxygen atoms in total. The van der Waals surface area contributed by atoms with Crippen LogP contribution in [0.2, 0.25) is 0 Å². The van der Waals surface area contributed by atoms with Gasteiger partial charge in [0.2, 0.25) is 10.0 Å². The fraction of sp³-hybridized carbons (Fsp3) is 0.385. The SMILES string of the molecule is COC[C@@H](C)NS(=O)(=O)c1ccc(C(=O)OCC#N)cc1. The summed E-state index contributed by atoms with van der Waals surface area (Å²) in [6, 6.07) is 6.55. The van der Waals surface area contributed by atoms with Crippen molar-refractivity contribution in [2.75, 3.05) is 20.3 Å². The van der Waals surface area contributed by atoms with Crippen molar-refractivity contribution in [2.24, 2.45) is 0 Å². The molecule has 1 aromatic rings. The summed E-state index contributed by atoms with van der Waals surface area (Å²) in [5.41, 5.74) is 0.175. The van der Waals surface area contributed by atoms with Gasteiger partial charge in [0.05, 0.1) is 17.1 Å². The molecule has 0 saturated carbocycles. The van der Waals surface area contributed by atoms with E-state index in [4.69, 9.17) is 10.00 Å². The Hall–Kier alpha value is -1.95. The molecule has 1 rings (SSSR count). The lowest BCUT2D eigenvalue weighted by atomic mass is 10.2. The van der Waals surface area contributed by atoms with Gasteiger partial charge in [-0.05, 0) is 31.2 Å². The number of nitriles is 1. The van der Waals surface area contributed by atoms with Crippen LogP contribution >= 0.6 is 0 Å². The lowest BCUT2D eigenvalue weighted by Crippen LogP contribution is -2.35. The van der Waals surface area contributed by atoms with Gasteiger partial charge in [0, 0.05) is 13.2 Å². The average molecular weight is 312 g/mol. The maximum absolute atomic E-state index is 12.0. The fourth-order valence-electron chi connectivity index (χ4n) is 1.57. The van der Waals surface area contributed by atoms with E-state index in [1.807, 2.05) is 0 Å². The number of carbonyl (C=O) groups excluding carboxylic acids is 1. The van der Waals surface area contributed by atoms with Gasteiger partial charge in [0.1, 0.15) is 6.07 Å². The Kier molecular flexibility index (Phi) is 6.30. The lowest BCUT2D eigenvalue weighted by Gasteiger charge is -2.13. The Morgan fingerprint density at radius 3 is 2.52 bits per heavy atom. The molecule has 0 aliphatic heterocycles. The molecule has 0 spiro atoms. The topological polar surface area (TPSA) is 105 Å². The molecule has 0 fully saturated rings. The van der Waals surface area contributed by atoms with Crippen LogP contribution in [-0.2, 0) is 19.5 Å². The number of ether oxygens (including phenoxy) is 2. The van der Waals surface area contributed by atoms with Gasteiger partial charge in [0.15, 0.2) is 6.61 Å².